The molecule has 1 aromatic carbocycles. The van der Waals surface area contributed by atoms with E-state index in [1.807, 2.05) is 0 Å². The third kappa shape index (κ3) is 4.31. The second kappa shape index (κ2) is 7.90. The minimum atomic E-state index is -0.588. The minimum absolute atomic E-state index is 0.0525. The first-order valence-electron chi connectivity index (χ1n) is 8.08. The number of carbonyl (C=O) groups excluding carboxylic acids is 2. The molecule has 1 amide bonds. The number of carbonyl (C=O) groups is 2. The smallest absolute Gasteiger partial charge is 0.270 e. The van der Waals surface area contributed by atoms with Gasteiger partial charge in [-0.3, -0.25) is 19.7 Å². The predicted molar refractivity (Wildman–Crippen MR) is 88.1 cm³/mol. The van der Waals surface area contributed by atoms with Crippen LogP contribution in [0.15, 0.2) is 18.2 Å². The molecule has 0 aromatic heterocycles. The number of benzene rings is 1. The maximum atomic E-state index is 12.1. The van der Waals surface area contributed by atoms with Crippen LogP contribution in [0.1, 0.15) is 43.5 Å². The van der Waals surface area contributed by atoms with Gasteiger partial charge in [0, 0.05) is 18.2 Å². The highest BCUT2D eigenvalue weighted by molar-refractivity contribution is 5.82. The second-order valence-corrected chi connectivity index (χ2v) is 6.33. The monoisotopic (exact) mass is 334 g/mol. The van der Waals surface area contributed by atoms with Gasteiger partial charge in [0.15, 0.2) is 12.9 Å². The van der Waals surface area contributed by atoms with Gasteiger partial charge in [-0.05, 0) is 24.3 Å². The number of nitro benzene ring substituents is 1. The van der Waals surface area contributed by atoms with Crippen molar-refractivity contribution in [1.82, 2.24) is 5.32 Å². The maximum absolute atomic E-state index is 12.1. The Kier molecular flexibility index (Phi) is 5.89. The summed E-state index contributed by atoms with van der Waals surface area (Å²) >= 11 is 0. The van der Waals surface area contributed by atoms with Crippen LogP contribution in [0.4, 0.5) is 5.69 Å². The van der Waals surface area contributed by atoms with Crippen molar-refractivity contribution < 1.29 is 19.2 Å². The average Bonchev–Trinajstić information content (AvgIpc) is 2.56. The van der Waals surface area contributed by atoms with Crippen LogP contribution >= 0.6 is 0 Å². The Morgan fingerprint density at radius 1 is 1.42 bits per heavy atom. The molecule has 1 aliphatic rings. The van der Waals surface area contributed by atoms with Gasteiger partial charge in [0.1, 0.15) is 5.75 Å². The lowest BCUT2D eigenvalue weighted by atomic mass is 9.78. The fraction of sp³-hybridized carbons (Fsp3) is 0.529. The molecular weight excluding hydrogens is 312 g/mol. The normalized spacial score (nSPS) is 23.3. The van der Waals surface area contributed by atoms with E-state index in [9.17, 15) is 19.7 Å². The summed E-state index contributed by atoms with van der Waals surface area (Å²) in [6.07, 6.45) is 3.70. The van der Waals surface area contributed by atoms with E-state index >= 15 is 0 Å². The van der Waals surface area contributed by atoms with Gasteiger partial charge in [-0.1, -0.05) is 26.7 Å². The molecule has 0 spiro atoms. The number of hydrogen-bond donors (Lipinski definition) is 1. The van der Waals surface area contributed by atoms with Crippen LogP contribution in [0.5, 0.6) is 5.75 Å². The van der Waals surface area contributed by atoms with Crippen LogP contribution in [-0.4, -0.2) is 29.8 Å². The van der Waals surface area contributed by atoms with Crippen LogP contribution in [-0.2, 0) is 4.79 Å². The summed E-state index contributed by atoms with van der Waals surface area (Å²) in [5, 5.41) is 13.7. The van der Waals surface area contributed by atoms with Gasteiger partial charge >= 0.3 is 0 Å². The van der Waals surface area contributed by atoms with E-state index in [2.05, 4.69) is 19.2 Å². The average molecular weight is 334 g/mol. The molecule has 1 aromatic rings. The van der Waals surface area contributed by atoms with Crippen molar-refractivity contribution in [3.05, 3.63) is 33.9 Å². The summed E-state index contributed by atoms with van der Waals surface area (Å²) in [7, 11) is 0. The number of ether oxygens (including phenoxy) is 1. The van der Waals surface area contributed by atoms with Crippen molar-refractivity contribution in [2.24, 2.45) is 11.8 Å². The number of nitrogens with zero attached hydrogens (tertiary/aromatic N) is 1. The van der Waals surface area contributed by atoms with E-state index in [1.54, 1.807) is 0 Å². The van der Waals surface area contributed by atoms with Gasteiger partial charge in [-0.15, -0.1) is 0 Å². The Balaban J connectivity index is 1.94. The summed E-state index contributed by atoms with van der Waals surface area (Å²) in [4.78, 5) is 33.2. The number of nitro groups is 1. The molecule has 2 rings (SSSR count). The Bertz CT molecular complexity index is 631. The Morgan fingerprint density at radius 2 is 2.17 bits per heavy atom. The fourth-order valence-corrected chi connectivity index (χ4v) is 3.05. The molecular formula is C17H22N2O5. The molecule has 1 fully saturated rings. The van der Waals surface area contributed by atoms with Crippen LogP contribution in [0, 0.1) is 22.0 Å². The lowest BCUT2D eigenvalue weighted by molar-refractivity contribution is -0.384. The molecule has 0 aliphatic heterocycles. The van der Waals surface area contributed by atoms with Crippen LogP contribution < -0.4 is 10.1 Å². The van der Waals surface area contributed by atoms with Gasteiger partial charge in [0.25, 0.3) is 11.6 Å². The third-order valence-electron chi connectivity index (χ3n) is 4.74. The summed E-state index contributed by atoms with van der Waals surface area (Å²) in [5.74, 6) is 0.890. The van der Waals surface area contributed by atoms with Gasteiger partial charge in [0.05, 0.1) is 10.5 Å². The third-order valence-corrected chi connectivity index (χ3v) is 4.74. The predicted octanol–water partition coefficient (Wildman–Crippen LogP) is 2.73. The molecule has 0 bridgehead atoms. The number of hydrogen-bond acceptors (Lipinski definition) is 5. The van der Waals surface area contributed by atoms with Crippen molar-refractivity contribution in [1.29, 1.82) is 0 Å². The van der Waals surface area contributed by atoms with Gasteiger partial charge in [-0.25, -0.2) is 0 Å². The van der Waals surface area contributed by atoms with E-state index < -0.39 is 4.92 Å². The highest BCUT2D eigenvalue weighted by Crippen LogP contribution is 2.29. The lowest BCUT2D eigenvalue weighted by Gasteiger charge is -2.34. The first-order valence-corrected chi connectivity index (χ1v) is 8.08. The molecule has 0 saturated heterocycles. The van der Waals surface area contributed by atoms with Crippen molar-refractivity contribution in [2.45, 2.75) is 39.2 Å². The molecule has 3 atom stereocenters. The quantitative estimate of drug-likeness (QED) is 0.490. The first kappa shape index (κ1) is 17.9. The summed E-state index contributed by atoms with van der Waals surface area (Å²) in [6, 6.07) is 3.84. The molecule has 130 valence electrons. The fourth-order valence-electron chi connectivity index (χ4n) is 3.05. The van der Waals surface area contributed by atoms with E-state index in [0.717, 1.165) is 18.9 Å². The lowest BCUT2D eigenvalue weighted by Crippen LogP contribution is -2.45. The zero-order valence-corrected chi connectivity index (χ0v) is 13.9. The maximum Gasteiger partial charge on any atom is 0.270 e. The van der Waals surface area contributed by atoms with Crippen LogP contribution in [0.3, 0.4) is 0 Å². The van der Waals surface area contributed by atoms with Crippen LogP contribution in [0.25, 0.3) is 0 Å². The molecule has 24 heavy (non-hydrogen) atoms. The highest BCUT2D eigenvalue weighted by atomic mass is 16.6. The van der Waals surface area contributed by atoms with Gasteiger partial charge < -0.3 is 10.1 Å². The highest BCUT2D eigenvalue weighted by Gasteiger charge is 2.28. The van der Waals surface area contributed by atoms with Crippen LogP contribution in [0.2, 0.25) is 0 Å². The van der Waals surface area contributed by atoms with E-state index in [-0.39, 0.29) is 35.6 Å². The van der Waals surface area contributed by atoms with E-state index in [4.69, 9.17) is 4.74 Å². The zero-order valence-electron chi connectivity index (χ0n) is 13.9. The number of aldehydes is 1. The number of rotatable bonds is 6. The van der Waals surface area contributed by atoms with E-state index in [0.29, 0.717) is 18.1 Å². The van der Waals surface area contributed by atoms with Gasteiger partial charge in [-0.2, -0.15) is 0 Å². The zero-order chi connectivity index (χ0) is 17.7. The second-order valence-electron chi connectivity index (χ2n) is 6.33. The van der Waals surface area contributed by atoms with Crippen molar-refractivity contribution in [3.63, 3.8) is 0 Å². The molecule has 7 nitrogen and oxygen atoms in total. The molecule has 0 heterocycles. The molecule has 1 aliphatic carbocycles. The van der Waals surface area contributed by atoms with Crippen molar-refractivity contribution in [2.75, 3.05) is 6.61 Å². The largest absolute Gasteiger partial charge is 0.483 e. The summed E-state index contributed by atoms with van der Waals surface area (Å²) in [6.45, 7) is 4.10. The molecule has 7 heteroatoms. The van der Waals surface area contributed by atoms with Gasteiger partial charge in [0.2, 0.25) is 0 Å². The minimum Gasteiger partial charge on any atom is -0.483 e. The summed E-state index contributed by atoms with van der Waals surface area (Å²) in [5.41, 5.74) is -0.143. The first-order chi connectivity index (χ1) is 11.4. The molecule has 1 N–H and O–H groups in total. The van der Waals surface area contributed by atoms with Crippen molar-refractivity contribution >= 4 is 17.9 Å². The number of non-ortho nitro benzene ring substituents is 1. The number of nitrogens with one attached hydrogen (secondary N) is 1. The summed E-state index contributed by atoms with van der Waals surface area (Å²) < 4.78 is 5.36. The topological polar surface area (TPSA) is 98.5 Å². The molecule has 1 saturated carbocycles. The molecule has 0 unspecified atom stereocenters. The Labute approximate surface area is 140 Å². The number of amides is 1. The molecule has 0 radical (unpaired) electrons. The Hall–Kier alpha value is -2.44. The van der Waals surface area contributed by atoms with Crippen molar-refractivity contribution in [3.8, 4) is 5.75 Å². The Morgan fingerprint density at radius 3 is 2.83 bits per heavy atom. The van der Waals surface area contributed by atoms with E-state index in [1.165, 1.54) is 18.6 Å². The SMILES string of the molecule is C[C@@H]1[C@H](C)CCC[C@H]1NC(=O)COc1ccc([N+](=O)[O-])cc1C=O. The standard InChI is InChI=1S/C17H22N2O5/c1-11-4-3-5-15(12(11)2)18-17(21)10-24-16-7-6-14(19(22)23)8-13(16)9-20/h6-9,11-12,15H,3-5,10H2,1-2H3,(H,18,21)/t11-,12-,15-/m1/s1.